The molecule has 14 heteroatoms. The molecule has 1 aromatic heterocycles. The SMILES string of the molecule is CN1CCc2nc(C(=O)NC3CC(C(=O)N(C)C)CCC3NC(=O)C3=NNC(=O)c4cc(Cl)ccc4N3)sc2C1. The number of hydrazone groups is 1. The topological polar surface area (TPSA) is 148 Å². The van der Waals surface area contributed by atoms with Gasteiger partial charge < -0.3 is 25.8 Å². The molecule has 1 fully saturated rings. The molecule has 0 spiro atoms. The normalized spacial score (nSPS) is 22.4. The second kappa shape index (κ2) is 11.5. The number of nitrogens with zero attached hydrogens (tertiary/aromatic N) is 4. The van der Waals surface area contributed by atoms with Crippen LogP contribution in [-0.4, -0.2) is 84.0 Å². The van der Waals surface area contributed by atoms with Gasteiger partial charge in [-0.2, -0.15) is 0 Å². The Kier molecular flexibility index (Phi) is 8.06. The van der Waals surface area contributed by atoms with E-state index in [1.165, 1.54) is 17.4 Å². The van der Waals surface area contributed by atoms with Crippen LogP contribution in [0.25, 0.3) is 0 Å². The zero-order chi connectivity index (χ0) is 28.6. The van der Waals surface area contributed by atoms with Crippen molar-refractivity contribution in [1.29, 1.82) is 0 Å². The highest BCUT2D eigenvalue weighted by Gasteiger charge is 2.37. The van der Waals surface area contributed by atoms with Crippen molar-refractivity contribution in [2.45, 2.75) is 44.3 Å². The number of carbonyl (C=O) groups is 4. The van der Waals surface area contributed by atoms with E-state index in [0.29, 0.717) is 35.0 Å². The Balaban J connectivity index is 1.33. The van der Waals surface area contributed by atoms with E-state index in [1.807, 2.05) is 7.05 Å². The summed E-state index contributed by atoms with van der Waals surface area (Å²) in [7, 11) is 5.44. The monoisotopic (exact) mass is 586 g/mol. The molecule has 0 bridgehead atoms. The quantitative estimate of drug-likeness (QED) is 0.414. The summed E-state index contributed by atoms with van der Waals surface area (Å²) >= 11 is 7.40. The molecular weight excluding hydrogens is 556 g/mol. The van der Waals surface area contributed by atoms with Crippen molar-refractivity contribution < 1.29 is 19.2 Å². The number of hydrogen-bond donors (Lipinski definition) is 4. The van der Waals surface area contributed by atoms with Crippen molar-refractivity contribution >= 4 is 58.1 Å². The number of anilines is 1. The number of carbonyl (C=O) groups excluding carboxylic acids is 4. The fourth-order valence-electron chi connectivity index (χ4n) is 5.22. The van der Waals surface area contributed by atoms with E-state index >= 15 is 0 Å². The molecule has 4 N–H and O–H groups in total. The number of amidine groups is 1. The highest BCUT2D eigenvalue weighted by molar-refractivity contribution is 7.13. The molecule has 1 saturated carbocycles. The summed E-state index contributed by atoms with van der Waals surface area (Å²) in [6, 6.07) is 3.69. The highest BCUT2D eigenvalue weighted by atomic mass is 35.5. The molecule has 3 unspecified atom stereocenters. The fraction of sp³-hybridized carbons (Fsp3) is 0.462. The third kappa shape index (κ3) is 5.96. The maximum atomic E-state index is 13.3. The van der Waals surface area contributed by atoms with Crippen LogP contribution in [0, 0.1) is 5.92 Å². The number of rotatable bonds is 5. The van der Waals surface area contributed by atoms with Gasteiger partial charge in [0.1, 0.15) is 0 Å². The van der Waals surface area contributed by atoms with E-state index in [9.17, 15) is 19.2 Å². The standard InChI is InChI=1S/C26H31ClN8O4S/c1-34(2)26(39)13-4-6-17(19(10-13)30-24(38)25-31-18-8-9-35(3)12-20(18)40-25)29-23(37)21-28-16-7-5-14(27)11-15(16)22(36)33-32-21/h5,7,11,13,17,19H,4,6,8-10,12H2,1-3H3,(H,28,32)(H,29,37)(H,30,38)(H,33,36). The van der Waals surface area contributed by atoms with Gasteiger partial charge in [0.15, 0.2) is 5.01 Å². The van der Waals surface area contributed by atoms with E-state index in [1.54, 1.807) is 31.1 Å². The number of hydrogen-bond acceptors (Lipinski definition) is 9. The summed E-state index contributed by atoms with van der Waals surface area (Å²) in [5.41, 5.74) is 3.95. The number of aromatic nitrogens is 1. The molecule has 1 aromatic carbocycles. The van der Waals surface area contributed by atoms with Crippen LogP contribution in [0.2, 0.25) is 5.02 Å². The van der Waals surface area contributed by atoms with Crippen LogP contribution < -0.4 is 21.4 Å². The second-order valence-corrected chi connectivity index (χ2v) is 12.0. The van der Waals surface area contributed by atoms with Crippen molar-refractivity contribution in [3.63, 3.8) is 0 Å². The molecule has 5 rings (SSSR count). The minimum atomic E-state index is -0.558. The first-order chi connectivity index (χ1) is 19.1. The Morgan fingerprint density at radius 2 is 1.93 bits per heavy atom. The fourth-order valence-corrected chi connectivity index (χ4v) is 6.49. The minimum absolute atomic E-state index is 0.0236. The van der Waals surface area contributed by atoms with Gasteiger partial charge in [-0.3, -0.25) is 19.2 Å². The predicted octanol–water partition coefficient (Wildman–Crippen LogP) is 1.42. The Morgan fingerprint density at radius 3 is 2.70 bits per heavy atom. The van der Waals surface area contributed by atoms with E-state index in [-0.39, 0.29) is 29.1 Å². The van der Waals surface area contributed by atoms with Crippen molar-refractivity contribution in [1.82, 2.24) is 30.8 Å². The largest absolute Gasteiger partial charge is 0.349 e. The minimum Gasteiger partial charge on any atom is -0.349 e. The molecule has 2 aliphatic heterocycles. The summed E-state index contributed by atoms with van der Waals surface area (Å²) in [6.45, 7) is 1.64. The first-order valence-electron chi connectivity index (χ1n) is 13.0. The van der Waals surface area contributed by atoms with Crippen molar-refractivity contribution in [3.8, 4) is 0 Å². The lowest BCUT2D eigenvalue weighted by Gasteiger charge is -2.37. The average Bonchev–Trinajstić information content (AvgIpc) is 3.27. The molecule has 3 heterocycles. The van der Waals surface area contributed by atoms with E-state index in [2.05, 4.69) is 36.4 Å². The van der Waals surface area contributed by atoms with Crippen LogP contribution in [-0.2, 0) is 22.6 Å². The zero-order valence-corrected chi connectivity index (χ0v) is 24.0. The summed E-state index contributed by atoms with van der Waals surface area (Å²) < 4.78 is 0. The molecule has 0 radical (unpaired) electrons. The van der Waals surface area contributed by atoms with Gasteiger partial charge in [0.2, 0.25) is 11.7 Å². The molecule has 2 aromatic rings. The first-order valence-corrected chi connectivity index (χ1v) is 14.2. The number of nitrogens with one attached hydrogen (secondary N) is 4. The molecule has 40 heavy (non-hydrogen) atoms. The van der Waals surface area contributed by atoms with Gasteiger partial charge in [-0.05, 0) is 44.5 Å². The second-order valence-electron chi connectivity index (χ2n) is 10.5. The van der Waals surface area contributed by atoms with Gasteiger partial charge in [0, 0.05) is 55.5 Å². The van der Waals surface area contributed by atoms with Crippen LogP contribution >= 0.6 is 22.9 Å². The van der Waals surface area contributed by atoms with Crippen molar-refractivity contribution in [3.05, 3.63) is 44.4 Å². The van der Waals surface area contributed by atoms with E-state index in [4.69, 9.17) is 11.6 Å². The first kappa shape index (κ1) is 28.0. The Morgan fingerprint density at radius 1 is 1.15 bits per heavy atom. The predicted molar refractivity (Wildman–Crippen MR) is 151 cm³/mol. The number of thiazole rings is 1. The number of benzene rings is 1. The van der Waals surface area contributed by atoms with Gasteiger partial charge in [-0.25, -0.2) is 10.4 Å². The maximum absolute atomic E-state index is 13.3. The number of amides is 4. The maximum Gasteiger partial charge on any atom is 0.289 e. The van der Waals surface area contributed by atoms with Crippen molar-refractivity contribution in [2.24, 2.45) is 11.0 Å². The van der Waals surface area contributed by atoms with Gasteiger partial charge in [0.05, 0.1) is 23.0 Å². The van der Waals surface area contributed by atoms with Gasteiger partial charge >= 0.3 is 0 Å². The molecular formula is C26H31ClN8O4S. The molecule has 1 aliphatic carbocycles. The van der Waals surface area contributed by atoms with Gasteiger partial charge in [0.25, 0.3) is 17.7 Å². The van der Waals surface area contributed by atoms with Crippen LogP contribution in [0.1, 0.15) is 50.0 Å². The Bertz CT molecular complexity index is 1390. The lowest BCUT2D eigenvalue weighted by molar-refractivity contribution is -0.134. The Hall–Kier alpha value is -3.55. The van der Waals surface area contributed by atoms with Crippen LogP contribution in [0.3, 0.4) is 0 Å². The number of halogens is 1. The molecule has 3 atom stereocenters. The lowest BCUT2D eigenvalue weighted by Crippen LogP contribution is -2.57. The zero-order valence-electron chi connectivity index (χ0n) is 22.4. The number of fused-ring (bicyclic) bond motifs is 2. The number of likely N-dealkylation sites (N-methyl/N-ethyl adjacent to an activating group) is 1. The summed E-state index contributed by atoms with van der Waals surface area (Å²) in [5, 5.41) is 13.6. The van der Waals surface area contributed by atoms with Crippen LogP contribution in [0.4, 0.5) is 5.69 Å². The van der Waals surface area contributed by atoms with Crippen LogP contribution in [0.15, 0.2) is 23.3 Å². The van der Waals surface area contributed by atoms with Crippen molar-refractivity contribution in [2.75, 3.05) is 33.0 Å². The molecule has 4 amide bonds. The molecule has 212 valence electrons. The average molecular weight is 587 g/mol. The lowest BCUT2D eigenvalue weighted by atomic mass is 9.81. The molecule has 0 saturated heterocycles. The van der Waals surface area contributed by atoms with Crippen LogP contribution in [0.5, 0.6) is 0 Å². The van der Waals surface area contributed by atoms with E-state index < -0.39 is 23.9 Å². The van der Waals surface area contributed by atoms with Gasteiger partial charge in [-0.1, -0.05) is 11.6 Å². The third-order valence-corrected chi connectivity index (χ3v) is 8.67. The highest BCUT2D eigenvalue weighted by Crippen LogP contribution is 2.29. The Labute approximate surface area is 240 Å². The smallest absolute Gasteiger partial charge is 0.289 e. The van der Waals surface area contributed by atoms with E-state index in [0.717, 1.165) is 30.1 Å². The molecule has 3 aliphatic rings. The summed E-state index contributed by atoms with van der Waals surface area (Å²) in [6.07, 6.45) is 2.16. The third-order valence-electron chi connectivity index (χ3n) is 7.35. The summed E-state index contributed by atoms with van der Waals surface area (Å²) in [4.78, 5) is 61.2. The summed E-state index contributed by atoms with van der Waals surface area (Å²) in [5.74, 6) is -1.81. The van der Waals surface area contributed by atoms with Gasteiger partial charge in [-0.15, -0.1) is 16.4 Å². The molecule has 12 nitrogen and oxygen atoms in total.